The summed E-state index contributed by atoms with van der Waals surface area (Å²) in [4.78, 5) is 28.5. The average molecular weight is 530 g/mol. The van der Waals surface area contributed by atoms with Gasteiger partial charge in [-0.3, -0.25) is 13.9 Å². The molecule has 0 fully saturated rings. The molecule has 37 heavy (non-hydrogen) atoms. The summed E-state index contributed by atoms with van der Waals surface area (Å²) in [7, 11) is -3.77. The number of carbonyl (C=O) groups is 2. The first kappa shape index (κ1) is 30.4. The zero-order chi connectivity index (χ0) is 28.2. The summed E-state index contributed by atoms with van der Waals surface area (Å²) in [6.45, 7) is 15.5. The molecular weight excluding hydrogens is 486 g/mol. The Kier molecular flexibility index (Phi) is 9.58. The average Bonchev–Trinajstić information content (AvgIpc) is 2.76. The lowest BCUT2D eigenvalue weighted by Gasteiger charge is -2.34. The molecule has 0 radical (unpaired) electrons. The zero-order valence-electron chi connectivity index (χ0n) is 23.8. The first-order valence-electron chi connectivity index (χ1n) is 12.7. The van der Waals surface area contributed by atoms with Gasteiger partial charge in [-0.1, -0.05) is 69.7 Å². The molecule has 1 unspecified atom stereocenters. The van der Waals surface area contributed by atoms with Crippen LogP contribution in [0.4, 0.5) is 5.69 Å². The van der Waals surface area contributed by atoms with Crippen LogP contribution in [0.5, 0.6) is 0 Å². The van der Waals surface area contributed by atoms with E-state index in [1.807, 2.05) is 71.0 Å². The van der Waals surface area contributed by atoms with E-state index in [-0.39, 0.29) is 17.9 Å². The quantitative estimate of drug-likeness (QED) is 0.506. The molecule has 204 valence electrons. The minimum absolute atomic E-state index is 0.0934. The van der Waals surface area contributed by atoms with Crippen molar-refractivity contribution in [3.05, 3.63) is 65.2 Å². The fourth-order valence-electron chi connectivity index (χ4n) is 4.00. The van der Waals surface area contributed by atoms with Gasteiger partial charge in [-0.15, -0.1) is 0 Å². The molecule has 0 aliphatic carbocycles. The molecule has 0 aromatic heterocycles. The SMILES string of the molecule is CCC(C(=O)NC(C)(C)C)N(Cc1ccc(C)cc1)C(=O)CN(c1ccc(C(C)(C)C)cc1)S(C)(=O)=O. The number of carbonyl (C=O) groups excluding carboxylic acids is 2. The number of hydrogen-bond donors (Lipinski definition) is 1. The van der Waals surface area contributed by atoms with E-state index >= 15 is 0 Å². The summed E-state index contributed by atoms with van der Waals surface area (Å²) in [6, 6.07) is 14.2. The Morgan fingerprint density at radius 3 is 1.89 bits per heavy atom. The van der Waals surface area contributed by atoms with Gasteiger partial charge in [-0.25, -0.2) is 8.42 Å². The third-order valence-corrected chi connectivity index (χ3v) is 7.20. The van der Waals surface area contributed by atoms with E-state index in [2.05, 4.69) is 26.1 Å². The molecule has 0 spiro atoms. The highest BCUT2D eigenvalue weighted by Gasteiger charge is 2.33. The third-order valence-electron chi connectivity index (χ3n) is 6.06. The number of rotatable bonds is 9. The van der Waals surface area contributed by atoms with E-state index in [1.54, 1.807) is 12.1 Å². The lowest BCUT2D eigenvalue weighted by molar-refractivity contribution is -0.141. The molecule has 0 aliphatic rings. The molecule has 1 atom stereocenters. The van der Waals surface area contributed by atoms with E-state index < -0.39 is 34.1 Å². The lowest BCUT2D eigenvalue weighted by Crippen LogP contribution is -2.55. The molecule has 2 aromatic rings. The van der Waals surface area contributed by atoms with Gasteiger partial charge in [-0.05, 0) is 62.8 Å². The number of anilines is 1. The van der Waals surface area contributed by atoms with E-state index in [0.717, 1.165) is 27.3 Å². The van der Waals surface area contributed by atoms with Crippen LogP contribution in [0.1, 0.15) is 71.6 Å². The number of benzene rings is 2. The van der Waals surface area contributed by atoms with Crippen molar-refractivity contribution < 1.29 is 18.0 Å². The van der Waals surface area contributed by atoms with Crippen molar-refractivity contribution in [2.24, 2.45) is 0 Å². The molecule has 0 bridgehead atoms. The lowest BCUT2D eigenvalue weighted by atomic mass is 9.87. The van der Waals surface area contributed by atoms with Gasteiger partial charge in [0.25, 0.3) is 0 Å². The molecule has 7 nitrogen and oxygen atoms in total. The standard InChI is InChI=1S/C29H43N3O4S/c1-10-25(27(34)30-29(6,7)8)31(19-22-13-11-21(2)12-14-22)26(33)20-32(37(9,35)36)24-17-15-23(16-18-24)28(3,4)5/h11-18,25H,10,19-20H2,1-9H3,(H,30,34). The number of aryl methyl sites for hydroxylation is 1. The summed E-state index contributed by atoms with van der Waals surface area (Å²) in [5, 5.41) is 2.97. The molecule has 0 heterocycles. The normalized spacial score (nSPS) is 13.1. The van der Waals surface area contributed by atoms with E-state index in [4.69, 9.17) is 0 Å². The van der Waals surface area contributed by atoms with Crippen molar-refractivity contribution in [2.75, 3.05) is 17.1 Å². The van der Waals surface area contributed by atoms with Crippen molar-refractivity contribution >= 4 is 27.5 Å². The topological polar surface area (TPSA) is 86.8 Å². The molecule has 2 amide bonds. The van der Waals surface area contributed by atoms with Crippen LogP contribution >= 0.6 is 0 Å². The molecule has 0 saturated heterocycles. The van der Waals surface area contributed by atoms with Crippen LogP contribution in [0.15, 0.2) is 48.5 Å². The Morgan fingerprint density at radius 1 is 0.919 bits per heavy atom. The largest absolute Gasteiger partial charge is 0.350 e. The smallest absolute Gasteiger partial charge is 0.244 e. The van der Waals surface area contributed by atoms with E-state index in [1.165, 1.54) is 4.90 Å². The van der Waals surface area contributed by atoms with Crippen molar-refractivity contribution in [1.82, 2.24) is 10.2 Å². The van der Waals surface area contributed by atoms with Crippen molar-refractivity contribution in [3.63, 3.8) is 0 Å². The van der Waals surface area contributed by atoms with Crippen LogP contribution in [0.3, 0.4) is 0 Å². The Balaban J connectivity index is 2.46. The van der Waals surface area contributed by atoms with Gasteiger partial charge in [0.05, 0.1) is 11.9 Å². The highest BCUT2D eigenvalue weighted by atomic mass is 32.2. The summed E-state index contributed by atoms with van der Waals surface area (Å²) in [6.07, 6.45) is 1.48. The minimum Gasteiger partial charge on any atom is -0.350 e. The van der Waals surface area contributed by atoms with Crippen molar-refractivity contribution in [2.45, 2.75) is 85.4 Å². The maximum Gasteiger partial charge on any atom is 0.244 e. The molecule has 0 aliphatic heterocycles. The maximum atomic E-state index is 13.8. The van der Waals surface area contributed by atoms with Crippen LogP contribution in [0.25, 0.3) is 0 Å². The second-order valence-corrected chi connectivity index (χ2v) is 13.6. The van der Waals surface area contributed by atoms with Crippen molar-refractivity contribution in [3.8, 4) is 0 Å². The maximum absolute atomic E-state index is 13.8. The Labute approximate surface area is 223 Å². The Hall–Kier alpha value is -2.87. The first-order valence-corrected chi connectivity index (χ1v) is 14.5. The summed E-state index contributed by atoms with van der Waals surface area (Å²) in [5.74, 6) is -0.710. The van der Waals surface area contributed by atoms with Gasteiger partial charge in [0.1, 0.15) is 12.6 Å². The second kappa shape index (κ2) is 11.7. The fraction of sp³-hybridized carbons (Fsp3) is 0.517. The predicted molar refractivity (Wildman–Crippen MR) is 151 cm³/mol. The van der Waals surface area contributed by atoms with Gasteiger partial charge in [-0.2, -0.15) is 0 Å². The number of nitrogens with one attached hydrogen (secondary N) is 1. The number of sulfonamides is 1. The predicted octanol–water partition coefficient (Wildman–Crippen LogP) is 4.78. The van der Waals surface area contributed by atoms with Gasteiger partial charge in [0.2, 0.25) is 21.8 Å². The molecule has 2 aromatic carbocycles. The monoisotopic (exact) mass is 529 g/mol. The van der Waals surface area contributed by atoms with E-state index in [9.17, 15) is 18.0 Å². The summed E-state index contributed by atoms with van der Waals surface area (Å²) >= 11 is 0. The summed E-state index contributed by atoms with van der Waals surface area (Å²) in [5.41, 5.74) is 2.84. The minimum atomic E-state index is -3.77. The highest BCUT2D eigenvalue weighted by molar-refractivity contribution is 7.92. The van der Waals surface area contributed by atoms with Crippen LogP contribution in [0.2, 0.25) is 0 Å². The highest BCUT2D eigenvalue weighted by Crippen LogP contribution is 2.26. The van der Waals surface area contributed by atoms with Crippen molar-refractivity contribution in [1.29, 1.82) is 0 Å². The van der Waals surface area contributed by atoms with Gasteiger partial charge in [0, 0.05) is 12.1 Å². The Morgan fingerprint density at radius 2 is 1.46 bits per heavy atom. The third kappa shape index (κ3) is 8.88. The fourth-order valence-corrected chi connectivity index (χ4v) is 4.85. The molecular formula is C29H43N3O4S. The van der Waals surface area contributed by atoms with Crippen LogP contribution in [-0.4, -0.2) is 49.5 Å². The molecule has 0 saturated carbocycles. The van der Waals surface area contributed by atoms with Gasteiger partial charge >= 0.3 is 0 Å². The molecule has 8 heteroatoms. The number of amides is 2. The Bertz CT molecular complexity index is 1180. The van der Waals surface area contributed by atoms with Crippen LogP contribution in [-0.2, 0) is 31.6 Å². The van der Waals surface area contributed by atoms with Gasteiger partial charge in [0.15, 0.2) is 0 Å². The van der Waals surface area contributed by atoms with E-state index in [0.29, 0.717) is 12.1 Å². The zero-order valence-corrected chi connectivity index (χ0v) is 24.6. The van der Waals surface area contributed by atoms with Crippen LogP contribution < -0.4 is 9.62 Å². The molecule has 2 rings (SSSR count). The second-order valence-electron chi connectivity index (χ2n) is 11.7. The number of hydrogen-bond acceptors (Lipinski definition) is 4. The first-order chi connectivity index (χ1) is 16.9. The summed E-state index contributed by atoms with van der Waals surface area (Å²) < 4.78 is 26.7. The molecule has 1 N–H and O–H groups in total. The number of nitrogens with zero attached hydrogens (tertiary/aromatic N) is 2. The van der Waals surface area contributed by atoms with Crippen LogP contribution in [0, 0.1) is 6.92 Å². The van der Waals surface area contributed by atoms with Gasteiger partial charge < -0.3 is 10.2 Å².